The zero-order valence-electron chi connectivity index (χ0n) is 17.7. The summed E-state index contributed by atoms with van der Waals surface area (Å²) >= 11 is 0. The van der Waals surface area contributed by atoms with Crippen molar-refractivity contribution in [3.05, 3.63) is 17.6 Å². The Labute approximate surface area is 164 Å². The first-order valence-electron chi connectivity index (χ1n) is 10.3. The van der Waals surface area contributed by atoms with E-state index in [4.69, 9.17) is 4.98 Å². The number of hydrogen-bond donors (Lipinski definition) is 0. The third kappa shape index (κ3) is 4.78. The van der Waals surface area contributed by atoms with Gasteiger partial charge in [0, 0.05) is 50.9 Å². The van der Waals surface area contributed by atoms with Crippen molar-refractivity contribution in [3.8, 4) is 0 Å². The average molecular weight is 374 g/mol. The van der Waals surface area contributed by atoms with E-state index >= 15 is 0 Å². The molecular formula is C21H35N5O. The summed E-state index contributed by atoms with van der Waals surface area (Å²) in [6.45, 7) is 11.1. The SMILES string of the molecule is Cc1nc(C(C)C)cc(N2CCC3(CCC(=O)N(CCN(C)C)C3)CC2)n1. The van der Waals surface area contributed by atoms with Crippen molar-refractivity contribution >= 4 is 11.7 Å². The highest BCUT2D eigenvalue weighted by atomic mass is 16.2. The summed E-state index contributed by atoms with van der Waals surface area (Å²) in [6, 6.07) is 2.16. The normalized spacial score (nSPS) is 20.2. The summed E-state index contributed by atoms with van der Waals surface area (Å²) in [5.41, 5.74) is 1.41. The van der Waals surface area contributed by atoms with Gasteiger partial charge in [0.1, 0.15) is 11.6 Å². The van der Waals surface area contributed by atoms with Gasteiger partial charge in [0.2, 0.25) is 5.91 Å². The van der Waals surface area contributed by atoms with Gasteiger partial charge in [0.15, 0.2) is 0 Å². The Morgan fingerprint density at radius 3 is 2.52 bits per heavy atom. The Morgan fingerprint density at radius 1 is 1.19 bits per heavy atom. The number of rotatable bonds is 5. The van der Waals surface area contributed by atoms with E-state index in [-0.39, 0.29) is 0 Å². The number of aryl methyl sites for hydroxylation is 1. The van der Waals surface area contributed by atoms with Crippen LogP contribution in [0.4, 0.5) is 5.82 Å². The fourth-order valence-corrected chi connectivity index (χ4v) is 4.28. The molecule has 3 rings (SSSR count). The number of amides is 1. The van der Waals surface area contributed by atoms with Crippen molar-refractivity contribution in [1.82, 2.24) is 19.8 Å². The van der Waals surface area contributed by atoms with Crippen molar-refractivity contribution in [2.24, 2.45) is 5.41 Å². The van der Waals surface area contributed by atoms with Gasteiger partial charge in [-0.2, -0.15) is 0 Å². The molecule has 3 heterocycles. The number of anilines is 1. The first-order chi connectivity index (χ1) is 12.8. The van der Waals surface area contributed by atoms with Gasteiger partial charge in [-0.25, -0.2) is 9.97 Å². The van der Waals surface area contributed by atoms with Gasteiger partial charge in [-0.3, -0.25) is 4.79 Å². The van der Waals surface area contributed by atoms with Gasteiger partial charge in [0.25, 0.3) is 0 Å². The minimum Gasteiger partial charge on any atom is -0.356 e. The number of carbonyl (C=O) groups excluding carboxylic acids is 1. The van der Waals surface area contributed by atoms with Crippen LogP contribution in [0, 0.1) is 12.3 Å². The molecule has 2 aliphatic heterocycles. The van der Waals surface area contributed by atoms with Crippen LogP contribution in [-0.4, -0.2) is 72.5 Å². The average Bonchev–Trinajstić information content (AvgIpc) is 2.62. The fourth-order valence-electron chi connectivity index (χ4n) is 4.28. The second kappa shape index (κ2) is 8.13. The van der Waals surface area contributed by atoms with E-state index in [0.29, 0.717) is 23.7 Å². The van der Waals surface area contributed by atoms with Crippen LogP contribution >= 0.6 is 0 Å². The van der Waals surface area contributed by atoms with Gasteiger partial charge in [-0.05, 0) is 51.6 Å². The third-order valence-corrected chi connectivity index (χ3v) is 6.15. The number of carbonyl (C=O) groups is 1. The first kappa shape index (κ1) is 20.1. The lowest BCUT2D eigenvalue weighted by molar-refractivity contribution is -0.138. The van der Waals surface area contributed by atoms with E-state index in [9.17, 15) is 4.79 Å². The molecule has 150 valence electrons. The summed E-state index contributed by atoms with van der Waals surface area (Å²) in [7, 11) is 4.13. The number of hydrogen-bond acceptors (Lipinski definition) is 5. The topological polar surface area (TPSA) is 52.6 Å². The Balaban J connectivity index is 1.65. The molecule has 0 unspecified atom stereocenters. The lowest BCUT2D eigenvalue weighted by atomic mass is 9.72. The molecule has 2 saturated heterocycles. The van der Waals surface area contributed by atoms with Crippen molar-refractivity contribution < 1.29 is 4.79 Å². The van der Waals surface area contributed by atoms with E-state index in [2.05, 4.69) is 53.7 Å². The molecular weight excluding hydrogens is 338 g/mol. The highest BCUT2D eigenvalue weighted by molar-refractivity contribution is 5.77. The van der Waals surface area contributed by atoms with E-state index < -0.39 is 0 Å². The van der Waals surface area contributed by atoms with Crippen LogP contribution in [0.1, 0.15) is 57.0 Å². The maximum absolute atomic E-state index is 12.3. The molecule has 0 radical (unpaired) electrons. The quantitative estimate of drug-likeness (QED) is 0.794. The molecule has 1 spiro atoms. The van der Waals surface area contributed by atoms with Crippen LogP contribution < -0.4 is 4.90 Å². The lowest BCUT2D eigenvalue weighted by Gasteiger charge is -2.48. The molecule has 27 heavy (non-hydrogen) atoms. The summed E-state index contributed by atoms with van der Waals surface area (Å²) in [5.74, 6) is 2.67. The van der Waals surface area contributed by atoms with Crippen LogP contribution in [0.25, 0.3) is 0 Å². The van der Waals surface area contributed by atoms with Gasteiger partial charge in [0.05, 0.1) is 0 Å². The molecule has 0 atom stereocenters. The molecule has 2 aliphatic rings. The van der Waals surface area contributed by atoms with Crippen molar-refractivity contribution in [1.29, 1.82) is 0 Å². The van der Waals surface area contributed by atoms with Crippen LogP contribution in [0.3, 0.4) is 0 Å². The molecule has 0 aliphatic carbocycles. The highest BCUT2D eigenvalue weighted by Crippen LogP contribution is 2.41. The van der Waals surface area contributed by atoms with E-state index in [1.807, 2.05) is 6.92 Å². The number of aromatic nitrogens is 2. The molecule has 1 aromatic rings. The molecule has 1 aromatic heterocycles. The minimum absolute atomic E-state index is 0.291. The monoisotopic (exact) mass is 373 g/mol. The predicted octanol–water partition coefficient (Wildman–Crippen LogP) is 2.68. The Hall–Kier alpha value is -1.69. The second-order valence-corrected chi connectivity index (χ2v) is 8.96. The molecule has 0 saturated carbocycles. The highest BCUT2D eigenvalue weighted by Gasteiger charge is 2.41. The summed E-state index contributed by atoms with van der Waals surface area (Å²) in [4.78, 5) is 28.3. The van der Waals surface area contributed by atoms with E-state index in [1.165, 1.54) is 0 Å². The van der Waals surface area contributed by atoms with Gasteiger partial charge in [-0.15, -0.1) is 0 Å². The van der Waals surface area contributed by atoms with Crippen LogP contribution in [-0.2, 0) is 4.79 Å². The fraction of sp³-hybridized carbons (Fsp3) is 0.762. The second-order valence-electron chi connectivity index (χ2n) is 8.96. The van der Waals surface area contributed by atoms with Crippen LogP contribution in [0.2, 0.25) is 0 Å². The largest absolute Gasteiger partial charge is 0.356 e. The number of piperidine rings is 2. The zero-order valence-corrected chi connectivity index (χ0v) is 17.7. The number of likely N-dealkylation sites (tertiary alicyclic amines) is 1. The smallest absolute Gasteiger partial charge is 0.222 e. The number of likely N-dealkylation sites (N-methyl/N-ethyl adjacent to an activating group) is 1. The molecule has 0 N–H and O–H groups in total. The summed E-state index contributed by atoms with van der Waals surface area (Å²) in [6.07, 6.45) is 4.02. The lowest BCUT2D eigenvalue weighted by Crippen LogP contribution is -2.52. The maximum atomic E-state index is 12.3. The van der Waals surface area contributed by atoms with Crippen molar-refractivity contribution in [2.75, 3.05) is 51.7 Å². The van der Waals surface area contributed by atoms with E-state index in [0.717, 1.165) is 69.3 Å². The van der Waals surface area contributed by atoms with Gasteiger partial charge >= 0.3 is 0 Å². The maximum Gasteiger partial charge on any atom is 0.222 e. The standard InChI is InChI=1S/C21H35N5O/c1-16(2)18-14-19(23-17(3)22-18)25-10-8-21(9-11-25)7-6-20(27)26(15-21)13-12-24(4)5/h14,16H,6-13,15H2,1-5H3. The Kier molecular flexibility index (Phi) is 6.04. The Morgan fingerprint density at radius 2 is 1.89 bits per heavy atom. The van der Waals surface area contributed by atoms with E-state index in [1.54, 1.807) is 0 Å². The van der Waals surface area contributed by atoms with Gasteiger partial charge in [-0.1, -0.05) is 13.8 Å². The summed E-state index contributed by atoms with van der Waals surface area (Å²) in [5, 5.41) is 0. The molecule has 6 heteroatoms. The summed E-state index contributed by atoms with van der Waals surface area (Å²) < 4.78 is 0. The molecule has 1 amide bonds. The molecule has 6 nitrogen and oxygen atoms in total. The van der Waals surface area contributed by atoms with Crippen molar-refractivity contribution in [2.45, 2.75) is 52.4 Å². The van der Waals surface area contributed by atoms with Crippen LogP contribution in [0.5, 0.6) is 0 Å². The minimum atomic E-state index is 0.291. The van der Waals surface area contributed by atoms with Gasteiger partial charge < -0.3 is 14.7 Å². The molecule has 0 bridgehead atoms. The predicted molar refractivity (Wildman–Crippen MR) is 109 cm³/mol. The third-order valence-electron chi connectivity index (χ3n) is 6.15. The first-order valence-corrected chi connectivity index (χ1v) is 10.3. The number of nitrogens with zero attached hydrogens (tertiary/aromatic N) is 5. The molecule has 2 fully saturated rings. The Bertz CT molecular complexity index is 665. The zero-order chi connectivity index (χ0) is 19.6. The molecule has 0 aromatic carbocycles. The van der Waals surface area contributed by atoms with Crippen LogP contribution in [0.15, 0.2) is 6.07 Å². The van der Waals surface area contributed by atoms with Crippen molar-refractivity contribution in [3.63, 3.8) is 0 Å².